The molecule has 2 heterocycles. The van der Waals surface area contributed by atoms with E-state index in [1.54, 1.807) is 44.3 Å². The molecule has 1 amide bonds. The number of carbonyl (C=O) groups excluding carboxylic acids is 1. The van der Waals surface area contributed by atoms with Crippen molar-refractivity contribution in [3.8, 4) is 0 Å². The molecule has 0 bridgehead atoms. The third-order valence-corrected chi connectivity index (χ3v) is 3.70. The minimum absolute atomic E-state index is 0.176. The van der Waals surface area contributed by atoms with Gasteiger partial charge in [0.15, 0.2) is 5.69 Å². The van der Waals surface area contributed by atoms with Crippen molar-refractivity contribution in [3.05, 3.63) is 64.3 Å². The number of nitrogens with one attached hydrogen (secondary N) is 2. The summed E-state index contributed by atoms with van der Waals surface area (Å²) in [6.45, 7) is 3.97. The first-order chi connectivity index (χ1) is 11.6. The lowest BCUT2D eigenvalue weighted by molar-refractivity contribution is 0.0949. The van der Waals surface area contributed by atoms with E-state index >= 15 is 0 Å². The van der Waals surface area contributed by atoms with Gasteiger partial charge in [0.1, 0.15) is 0 Å². The number of hydrogen-bond acceptors (Lipinski definition) is 4. The van der Waals surface area contributed by atoms with Crippen LogP contribution in [0, 0.1) is 0 Å². The van der Waals surface area contributed by atoms with E-state index in [1.165, 1.54) is 4.68 Å². The third kappa shape index (κ3) is 2.83. The molecule has 7 nitrogen and oxygen atoms in total. The predicted octanol–water partition coefficient (Wildman–Crippen LogP) is 1.90. The van der Waals surface area contributed by atoms with Crippen molar-refractivity contribution in [2.75, 3.05) is 0 Å². The number of aromatic nitrogens is 3. The number of aromatic amines is 1. The second-order valence-electron chi connectivity index (χ2n) is 5.24. The Morgan fingerprint density at radius 3 is 2.67 bits per heavy atom. The zero-order valence-electron chi connectivity index (χ0n) is 13.4. The topological polar surface area (TPSA) is 92.1 Å². The number of benzene rings is 1. The Labute approximate surface area is 138 Å². The van der Waals surface area contributed by atoms with E-state index in [2.05, 4.69) is 20.6 Å². The van der Waals surface area contributed by atoms with Crippen LogP contribution >= 0.6 is 0 Å². The number of H-pyrrole nitrogens is 1. The molecule has 0 saturated heterocycles. The number of fused-ring (bicyclic) bond motifs is 1. The van der Waals surface area contributed by atoms with Gasteiger partial charge in [-0.3, -0.25) is 9.59 Å². The van der Waals surface area contributed by atoms with Crippen LogP contribution in [0.5, 0.6) is 0 Å². The van der Waals surface area contributed by atoms with Gasteiger partial charge in [-0.15, -0.1) is 0 Å². The number of carbonyl (C=O) groups is 1. The molecule has 1 aromatic carbocycles. The molecule has 0 aliphatic carbocycles. The van der Waals surface area contributed by atoms with Crippen molar-refractivity contribution < 1.29 is 4.79 Å². The summed E-state index contributed by atoms with van der Waals surface area (Å²) < 4.78 is 1.28. The van der Waals surface area contributed by atoms with Crippen LogP contribution in [-0.4, -0.2) is 26.4 Å². The van der Waals surface area contributed by atoms with E-state index in [0.717, 1.165) is 5.69 Å². The summed E-state index contributed by atoms with van der Waals surface area (Å²) in [5.41, 5.74) is 3.92. The fourth-order valence-corrected chi connectivity index (χ4v) is 2.42. The van der Waals surface area contributed by atoms with Gasteiger partial charge < -0.3 is 4.98 Å². The highest BCUT2D eigenvalue weighted by molar-refractivity contribution is 6.05. The number of amides is 1. The van der Waals surface area contributed by atoms with E-state index in [0.29, 0.717) is 23.0 Å². The Morgan fingerprint density at radius 2 is 2.00 bits per heavy atom. The summed E-state index contributed by atoms with van der Waals surface area (Å²) in [6, 6.07) is 10.6. The minimum Gasteiger partial charge on any atom is -0.360 e. The van der Waals surface area contributed by atoms with E-state index in [-0.39, 0.29) is 11.3 Å². The van der Waals surface area contributed by atoms with Crippen molar-refractivity contribution in [1.29, 1.82) is 0 Å². The Hall–Kier alpha value is -3.22. The van der Waals surface area contributed by atoms with Gasteiger partial charge in [0.05, 0.1) is 16.8 Å². The number of nitrogens with zero attached hydrogens (tertiary/aromatic N) is 3. The lowest BCUT2D eigenvalue weighted by Gasteiger charge is -2.08. The fourth-order valence-electron chi connectivity index (χ4n) is 2.42. The van der Waals surface area contributed by atoms with Gasteiger partial charge in [0.25, 0.3) is 11.5 Å². The zero-order valence-corrected chi connectivity index (χ0v) is 13.4. The highest BCUT2D eigenvalue weighted by atomic mass is 16.2. The second-order valence-corrected chi connectivity index (χ2v) is 5.24. The number of rotatable bonds is 4. The minimum atomic E-state index is -0.459. The van der Waals surface area contributed by atoms with Crippen molar-refractivity contribution in [1.82, 2.24) is 20.2 Å². The average molecular weight is 323 g/mol. The molecule has 0 saturated carbocycles. The van der Waals surface area contributed by atoms with Gasteiger partial charge in [-0.1, -0.05) is 18.2 Å². The van der Waals surface area contributed by atoms with E-state index < -0.39 is 5.91 Å². The van der Waals surface area contributed by atoms with Crippen LogP contribution in [0.3, 0.4) is 0 Å². The normalized spacial score (nSPS) is 11.7. The highest BCUT2D eigenvalue weighted by Crippen LogP contribution is 2.13. The summed E-state index contributed by atoms with van der Waals surface area (Å²) in [5.74, 6) is -0.459. The van der Waals surface area contributed by atoms with Crippen LogP contribution in [0.2, 0.25) is 0 Å². The molecular weight excluding hydrogens is 306 g/mol. The summed E-state index contributed by atoms with van der Waals surface area (Å²) in [7, 11) is 0. The molecule has 2 N–H and O–H groups in total. The van der Waals surface area contributed by atoms with E-state index in [1.807, 2.05) is 12.1 Å². The first-order valence-corrected chi connectivity index (χ1v) is 7.60. The van der Waals surface area contributed by atoms with Crippen molar-refractivity contribution in [2.45, 2.75) is 20.4 Å². The van der Waals surface area contributed by atoms with E-state index in [4.69, 9.17) is 0 Å². The molecule has 0 fully saturated rings. The van der Waals surface area contributed by atoms with Crippen LogP contribution in [0.1, 0.15) is 30.0 Å². The molecule has 0 atom stereocenters. The van der Waals surface area contributed by atoms with Crippen LogP contribution in [0.4, 0.5) is 0 Å². The van der Waals surface area contributed by atoms with Crippen LogP contribution in [0.15, 0.2) is 52.5 Å². The van der Waals surface area contributed by atoms with Crippen molar-refractivity contribution >= 4 is 22.4 Å². The lowest BCUT2D eigenvalue weighted by Crippen LogP contribution is -2.28. The van der Waals surface area contributed by atoms with Crippen LogP contribution < -0.4 is 11.0 Å². The monoisotopic (exact) mass is 323 g/mol. The number of hydrazone groups is 1. The maximum Gasteiger partial charge on any atom is 0.292 e. The summed E-state index contributed by atoms with van der Waals surface area (Å²) >= 11 is 0. The Bertz CT molecular complexity index is 970. The summed E-state index contributed by atoms with van der Waals surface area (Å²) in [6.07, 6.45) is 1.78. The molecule has 0 aliphatic rings. The third-order valence-electron chi connectivity index (χ3n) is 3.70. The van der Waals surface area contributed by atoms with E-state index in [9.17, 15) is 9.59 Å². The maximum absolute atomic E-state index is 12.5. The molecule has 3 rings (SSSR count). The number of hydrogen-bond donors (Lipinski definition) is 2. The standard InChI is InChI=1S/C17H17N5O2/c1-3-22-17(24)13-8-5-4-7-12(13)15(21-22)16(23)20-19-11(2)14-9-6-10-18-14/h4-10,18H,3H2,1-2H3,(H,20,23)/b19-11+. The van der Waals surface area contributed by atoms with Gasteiger partial charge >= 0.3 is 0 Å². The quantitative estimate of drug-likeness (QED) is 0.567. The Morgan fingerprint density at radius 1 is 1.25 bits per heavy atom. The smallest absolute Gasteiger partial charge is 0.292 e. The largest absolute Gasteiger partial charge is 0.360 e. The second kappa shape index (κ2) is 6.49. The molecule has 0 spiro atoms. The summed E-state index contributed by atoms with van der Waals surface area (Å²) in [4.78, 5) is 27.8. The zero-order chi connectivity index (χ0) is 17.1. The Balaban J connectivity index is 2.00. The maximum atomic E-state index is 12.5. The van der Waals surface area contributed by atoms with Crippen molar-refractivity contribution in [3.63, 3.8) is 0 Å². The molecule has 7 heteroatoms. The molecule has 0 unspecified atom stereocenters. The predicted molar refractivity (Wildman–Crippen MR) is 92.1 cm³/mol. The molecule has 2 aromatic heterocycles. The highest BCUT2D eigenvalue weighted by Gasteiger charge is 2.16. The average Bonchev–Trinajstić information content (AvgIpc) is 3.15. The van der Waals surface area contributed by atoms with Gasteiger partial charge in [0.2, 0.25) is 0 Å². The van der Waals surface area contributed by atoms with Gasteiger partial charge in [0, 0.05) is 18.1 Å². The molecule has 0 radical (unpaired) electrons. The molecular formula is C17H17N5O2. The molecule has 3 aromatic rings. The van der Waals surface area contributed by atoms with Gasteiger partial charge in [-0.2, -0.15) is 10.2 Å². The van der Waals surface area contributed by atoms with Crippen LogP contribution in [0.25, 0.3) is 10.8 Å². The SMILES string of the molecule is CCn1nc(C(=O)N/N=C(\C)c2ccc[nH]2)c2ccccc2c1=O. The summed E-state index contributed by atoms with van der Waals surface area (Å²) in [5, 5.41) is 9.23. The van der Waals surface area contributed by atoms with Crippen LogP contribution in [-0.2, 0) is 6.54 Å². The lowest BCUT2D eigenvalue weighted by atomic mass is 10.1. The number of aryl methyl sites for hydroxylation is 1. The van der Waals surface area contributed by atoms with Crippen molar-refractivity contribution in [2.24, 2.45) is 5.10 Å². The fraction of sp³-hybridized carbons (Fsp3) is 0.176. The molecule has 0 aliphatic heterocycles. The first-order valence-electron chi connectivity index (χ1n) is 7.60. The van der Waals surface area contributed by atoms with Gasteiger partial charge in [-0.05, 0) is 32.0 Å². The Kier molecular flexibility index (Phi) is 4.24. The van der Waals surface area contributed by atoms with Gasteiger partial charge in [-0.25, -0.2) is 10.1 Å². The first kappa shape index (κ1) is 15.7. The molecule has 24 heavy (non-hydrogen) atoms. The molecule has 122 valence electrons.